The molecule has 1 aromatic heterocycles. The Morgan fingerprint density at radius 3 is 2.72 bits per heavy atom. The van der Waals surface area contributed by atoms with Crippen molar-refractivity contribution in [2.75, 3.05) is 20.2 Å². The summed E-state index contributed by atoms with van der Waals surface area (Å²) in [6, 6.07) is 7.84. The van der Waals surface area contributed by atoms with Crippen LogP contribution in [0.2, 0.25) is 0 Å². The molecule has 1 aliphatic rings. The maximum Gasteiger partial charge on any atom is 0.235 e. The molecule has 25 heavy (non-hydrogen) atoms. The first kappa shape index (κ1) is 17.9. The van der Waals surface area contributed by atoms with Crippen LogP contribution >= 0.6 is 11.8 Å². The molecule has 1 saturated heterocycles. The van der Waals surface area contributed by atoms with Crippen molar-refractivity contribution in [1.29, 1.82) is 0 Å². The zero-order valence-electron chi connectivity index (χ0n) is 14.9. The number of amides is 1. The topological polar surface area (TPSA) is 47.4 Å². The van der Waals surface area contributed by atoms with E-state index in [0.29, 0.717) is 0 Å². The van der Waals surface area contributed by atoms with Gasteiger partial charge in [0.15, 0.2) is 5.16 Å². The molecule has 2 aromatic rings. The molecule has 0 radical (unpaired) electrons. The van der Waals surface area contributed by atoms with Gasteiger partial charge in [0.1, 0.15) is 5.75 Å². The third-order valence-corrected chi connectivity index (χ3v) is 5.55. The Hall–Kier alpha value is -1.95. The van der Waals surface area contributed by atoms with Gasteiger partial charge in [0.25, 0.3) is 0 Å². The fraction of sp³-hybridized carbons (Fsp3) is 0.474. The smallest absolute Gasteiger partial charge is 0.235 e. The van der Waals surface area contributed by atoms with Crippen molar-refractivity contribution in [3.05, 3.63) is 36.7 Å². The summed E-state index contributed by atoms with van der Waals surface area (Å²) in [6.45, 7) is 3.74. The number of thioether (sulfide) groups is 1. The molecule has 5 nitrogen and oxygen atoms in total. The van der Waals surface area contributed by atoms with Crippen molar-refractivity contribution in [2.24, 2.45) is 0 Å². The highest BCUT2D eigenvalue weighted by Gasteiger charge is 2.23. The highest BCUT2D eigenvalue weighted by atomic mass is 32.2. The molecule has 2 heterocycles. The number of rotatable bonds is 5. The van der Waals surface area contributed by atoms with Crippen molar-refractivity contribution in [3.63, 3.8) is 0 Å². The van der Waals surface area contributed by atoms with E-state index in [9.17, 15) is 4.79 Å². The van der Waals surface area contributed by atoms with Crippen LogP contribution in [0.1, 0.15) is 32.6 Å². The average Bonchev–Trinajstić information content (AvgIpc) is 2.92. The fourth-order valence-electron chi connectivity index (χ4n) is 3.09. The Morgan fingerprint density at radius 2 is 2.00 bits per heavy atom. The summed E-state index contributed by atoms with van der Waals surface area (Å²) >= 11 is 1.51. The first-order chi connectivity index (χ1) is 12.2. The predicted octanol–water partition coefficient (Wildman–Crippen LogP) is 3.76. The predicted molar refractivity (Wildman–Crippen MR) is 100 cm³/mol. The number of carbonyl (C=O) groups is 1. The van der Waals surface area contributed by atoms with E-state index in [0.717, 1.165) is 42.5 Å². The molecule has 1 amide bonds. The number of aromatic nitrogens is 2. The summed E-state index contributed by atoms with van der Waals surface area (Å²) in [7, 11) is 1.66. The van der Waals surface area contributed by atoms with Gasteiger partial charge in [-0.2, -0.15) is 0 Å². The molecule has 0 N–H and O–H groups in total. The molecule has 1 aliphatic heterocycles. The summed E-state index contributed by atoms with van der Waals surface area (Å²) in [6.07, 6.45) is 8.37. The first-order valence-electron chi connectivity index (χ1n) is 8.82. The lowest BCUT2D eigenvalue weighted by atomic mass is 10.2. The second-order valence-electron chi connectivity index (χ2n) is 6.28. The van der Waals surface area contributed by atoms with Crippen LogP contribution in [-0.2, 0) is 4.79 Å². The second-order valence-corrected chi connectivity index (χ2v) is 7.59. The standard InChI is InChI=1S/C19H25N3O2S/c1-15(18(23)21-11-5-3-4-6-12-21)25-19-20-10-13-22(19)16-8-7-9-17(14-16)24-2/h7-10,13-15H,3-6,11-12H2,1-2H3. The molecule has 134 valence electrons. The minimum Gasteiger partial charge on any atom is -0.497 e. The van der Waals surface area contributed by atoms with Crippen LogP contribution in [0.3, 0.4) is 0 Å². The van der Waals surface area contributed by atoms with Crippen LogP contribution in [0, 0.1) is 0 Å². The second kappa shape index (κ2) is 8.43. The van der Waals surface area contributed by atoms with Gasteiger partial charge in [-0.25, -0.2) is 4.98 Å². The van der Waals surface area contributed by atoms with Crippen LogP contribution in [0.4, 0.5) is 0 Å². The summed E-state index contributed by atoms with van der Waals surface area (Å²) in [4.78, 5) is 19.2. The molecule has 0 saturated carbocycles. The Labute approximate surface area is 153 Å². The molecular weight excluding hydrogens is 334 g/mol. The number of methoxy groups -OCH3 is 1. The van der Waals surface area contributed by atoms with E-state index in [2.05, 4.69) is 4.98 Å². The van der Waals surface area contributed by atoms with Gasteiger partial charge in [0.2, 0.25) is 5.91 Å². The van der Waals surface area contributed by atoms with Gasteiger partial charge in [0, 0.05) is 31.5 Å². The third kappa shape index (κ3) is 4.37. The van der Waals surface area contributed by atoms with E-state index in [-0.39, 0.29) is 11.2 Å². The van der Waals surface area contributed by atoms with E-state index in [1.807, 2.05) is 46.9 Å². The van der Waals surface area contributed by atoms with E-state index in [1.165, 1.54) is 24.6 Å². The molecule has 1 unspecified atom stereocenters. The first-order valence-corrected chi connectivity index (χ1v) is 9.70. The Morgan fingerprint density at radius 1 is 1.24 bits per heavy atom. The number of ether oxygens (including phenoxy) is 1. The number of carbonyl (C=O) groups excluding carboxylic acids is 1. The summed E-state index contributed by atoms with van der Waals surface area (Å²) in [5, 5.41) is 0.675. The van der Waals surface area contributed by atoms with Crippen molar-refractivity contribution in [3.8, 4) is 11.4 Å². The normalized spacial score (nSPS) is 16.3. The zero-order chi connectivity index (χ0) is 17.6. The molecule has 0 bridgehead atoms. The third-order valence-electron chi connectivity index (χ3n) is 4.49. The fourth-order valence-corrected chi connectivity index (χ4v) is 4.06. The molecule has 6 heteroatoms. The van der Waals surface area contributed by atoms with E-state index in [1.54, 1.807) is 13.3 Å². The minimum atomic E-state index is -0.148. The van der Waals surface area contributed by atoms with Gasteiger partial charge in [-0.3, -0.25) is 9.36 Å². The number of hydrogen-bond acceptors (Lipinski definition) is 4. The van der Waals surface area contributed by atoms with Gasteiger partial charge in [-0.1, -0.05) is 30.7 Å². The quantitative estimate of drug-likeness (QED) is 0.763. The molecule has 0 aliphatic carbocycles. The van der Waals surface area contributed by atoms with Gasteiger partial charge in [0.05, 0.1) is 18.0 Å². The molecule has 1 fully saturated rings. The number of nitrogens with zero attached hydrogens (tertiary/aromatic N) is 3. The van der Waals surface area contributed by atoms with E-state index in [4.69, 9.17) is 4.74 Å². The molecular formula is C19H25N3O2S. The molecule has 3 rings (SSSR count). The van der Waals surface area contributed by atoms with Crippen LogP contribution < -0.4 is 4.74 Å². The monoisotopic (exact) mass is 359 g/mol. The summed E-state index contributed by atoms with van der Waals surface area (Å²) < 4.78 is 7.30. The van der Waals surface area contributed by atoms with Gasteiger partial charge in [-0.15, -0.1) is 0 Å². The van der Waals surface area contributed by atoms with Crippen LogP contribution in [0.5, 0.6) is 5.75 Å². The van der Waals surface area contributed by atoms with Crippen LogP contribution in [0.15, 0.2) is 41.8 Å². The number of imidazole rings is 1. The Kier molecular flexibility index (Phi) is 6.02. The lowest BCUT2D eigenvalue weighted by molar-refractivity contribution is -0.130. The minimum absolute atomic E-state index is 0.148. The molecule has 1 aromatic carbocycles. The van der Waals surface area contributed by atoms with Crippen LogP contribution in [0.25, 0.3) is 5.69 Å². The lowest BCUT2D eigenvalue weighted by Crippen LogP contribution is -2.37. The Balaban J connectivity index is 1.72. The maximum atomic E-state index is 12.8. The number of likely N-dealkylation sites (tertiary alicyclic amines) is 1. The highest BCUT2D eigenvalue weighted by Crippen LogP contribution is 2.27. The average molecular weight is 359 g/mol. The highest BCUT2D eigenvalue weighted by molar-refractivity contribution is 8.00. The Bertz CT molecular complexity index is 708. The van der Waals surface area contributed by atoms with Gasteiger partial charge >= 0.3 is 0 Å². The zero-order valence-corrected chi connectivity index (χ0v) is 15.7. The number of benzene rings is 1. The van der Waals surface area contributed by atoms with Crippen molar-refractivity contribution in [1.82, 2.24) is 14.5 Å². The van der Waals surface area contributed by atoms with E-state index >= 15 is 0 Å². The number of hydrogen-bond donors (Lipinski definition) is 0. The largest absolute Gasteiger partial charge is 0.497 e. The van der Waals surface area contributed by atoms with Crippen LogP contribution in [-0.4, -0.2) is 45.8 Å². The summed E-state index contributed by atoms with van der Waals surface area (Å²) in [5.74, 6) is 1.02. The van der Waals surface area contributed by atoms with Gasteiger partial charge < -0.3 is 9.64 Å². The van der Waals surface area contributed by atoms with Crippen molar-refractivity contribution >= 4 is 17.7 Å². The maximum absolute atomic E-state index is 12.8. The molecule has 1 atom stereocenters. The van der Waals surface area contributed by atoms with Crippen molar-refractivity contribution in [2.45, 2.75) is 43.0 Å². The van der Waals surface area contributed by atoms with Gasteiger partial charge in [-0.05, 0) is 31.9 Å². The SMILES string of the molecule is COc1cccc(-n2ccnc2SC(C)C(=O)N2CCCCCC2)c1. The lowest BCUT2D eigenvalue weighted by Gasteiger charge is -2.23. The molecule has 0 spiro atoms. The van der Waals surface area contributed by atoms with Crippen molar-refractivity contribution < 1.29 is 9.53 Å². The summed E-state index contributed by atoms with van der Waals surface area (Å²) in [5.41, 5.74) is 0.980. The van der Waals surface area contributed by atoms with E-state index < -0.39 is 0 Å².